The summed E-state index contributed by atoms with van der Waals surface area (Å²) in [4.78, 5) is 15.8. The first-order valence-electron chi connectivity index (χ1n) is 12.7. The van der Waals surface area contributed by atoms with Gasteiger partial charge in [0.1, 0.15) is 0 Å². The van der Waals surface area contributed by atoms with Gasteiger partial charge < -0.3 is 14.8 Å². The highest BCUT2D eigenvalue weighted by Crippen LogP contribution is 2.47. The molecule has 10 heteroatoms. The molecule has 204 valence electrons. The molecule has 0 radical (unpaired) electrons. The van der Waals surface area contributed by atoms with Crippen LogP contribution < -0.4 is 5.32 Å². The molecule has 2 aliphatic rings. The summed E-state index contributed by atoms with van der Waals surface area (Å²) in [5.74, 6) is -0.333. The van der Waals surface area contributed by atoms with Crippen LogP contribution in [0.5, 0.6) is 0 Å². The van der Waals surface area contributed by atoms with Gasteiger partial charge in [0, 0.05) is 44.1 Å². The second kappa shape index (κ2) is 10.3. The molecule has 0 bridgehead atoms. The topological polar surface area (TPSA) is 37.3 Å². The number of rotatable bonds is 6. The zero-order chi connectivity index (χ0) is 27.0. The minimum atomic E-state index is -4.92. The first-order chi connectivity index (χ1) is 17.3. The molecular weight excluding hydrogens is 496 g/mol. The van der Waals surface area contributed by atoms with Gasteiger partial charge in [0.25, 0.3) is 0 Å². The average molecular weight is 530 g/mol. The third-order valence-electron chi connectivity index (χ3n) is 8.25. The van der Waals surface area contributed by atoms with Gasteiger partial charge in [0.05, 0.1) is 16.5 Å². The molecule has 37 heavy (non-hydrogen) atoms. The molecule has 1 aromatic heterocycles. The Labute approximate surface area is 213 Å². The van der Waals surface area contributed by atoms with Crippen molar-refractivity contribution in [1.82, 2.24) is 14.8 Å². The molecule has 4 rings (SSSR count). The molecule has 1 amide bonds. The number of alkyl halides is 6. The minimum absolute atomic E-state index is 0.0258. The van der Waals surface area contributed by atoms with Gasteiger partial charge >= 0.3 is 12.4 Å². The van der Waals surface area contributed by atoms with Gasteiger partial charge in [-0.15, -0.1) is 0 Å². The number of amides is 1. The van der Waals surface area contributed by atoms with Crippen LogP contribution in [-0.2, 0) is 23.7 Å². The maximum Gasteiger partial charge on any atom is 0.416 e. The zero-order valence-corrected chi connectivity index (χ0v) is 21.0. The van der Waals surface area contributed by atoms with E-state index in [1.165, 1.54) is 0 Å². The van der Waals surface area contributed by atoms with Crippen LogP contribution in [-0.4, -0.2) is 34.5 Å². The Kier molecular flexibility index (Phi) is 7.70. The smallest absolute Gasteiger partial charge is 0.352 e. The molecule has 2 fully saturated rings. The Bertz CT molecular complexity index is 1040. The minimum Gasteiger partial charge on any atom is -0.352 e. The molecule has 0 spiro atoms. The van der Waals surface area contributed by atoms with Crippen molar-refractivity contribution in [1.29, 1.82) is 0 Å². The maximum absolute atomic E-state index is 13.4. The summed E-state index contributed by atoms with van der Waals surface area (Å²) < 4.78 is 81.5. The van der Waals surface area contributed by atoms with Crippen LogP contribution >= 0.6 is 0 Å². The van der Waals surface area contributed by atoms with Crippen molar-refractivity contribution in [2.75, 3.05) is 13.1 Å². The van der Waals surface area contributed by atoms with Crippen molar-refractivity contribution >= 4 is 5.91 Å². The van der Waals surface area contributed by atoms with Crippen LogP contribution in [0.1, 0.15) is 68.7 Å². The number of nitrogens with zero attached hydrogens (tertiary/aromatic N) is 2. The molecule has 1 N–H and O–H groups in total. The van der Waals surface area contributed by atoms with Crippen molar-refractivity contribution in [3.63, 3.8) is 0 Å². The van der Waals surface area contributed by atoms with E-state index in [9.17, 15) is 31.1 Å². The fourth-order valence-electron chi connectivity index (χ4n) is 5.97. The van der Waals surface area contributed by atoms with Crippen LogP contribution in [0.3, 0.4) is 0 Å². The Morgan fingerprint density at radius 2 is 1.51 bits per heavy atom. The number of benzene rings is 1. The normalized spacial score (nSPS) is 24.1. The second-order valence-corrected chi connectivity index (χ2v) is 10.7. The first-order valence-corrected chi connectivity index (χ1v) is 12.7. The van der Waals surface area contributed by atoms with Crippen molar-refractivity contribution in [3.05, 3.63) is 59.4 Å². The number of piperidine rings is 1. The standard InChI is InChI=1S/C27H33F6N3O/c1-18(2)25(8-5-23(16-25)36-11-6-22(7-12-36)35-9-3-4-10-35)24(37)34-17-19-13-20(26(28,29)30)15-21(14-19)27(31,32)33/h3-4,9-10,13-15,18,22-23H,5-8,11-12,16-17H2,1-2H3,(H,34,37)/t23-,25+/m1/s1. The van der Waals surface area contributed by atoms with Crippen LogP contribution in [0.15, 0.2) is 42.7 Å². The summed E-state index contributed by atoms with van der Waals surface area (Å²) in [7, 11) is 0. The molecule has 2 aromatic rings. The predicted molar refractivity (Wildman–Crippen MR) is 127 cm³/mol. The molecule has 2 heterocycles. The van der Waals surface area contributed by atoms with Crippen LogP contribution in [0, 0.1) is 11.3 Å². The number of carbonyl (C=O) groups is 1. The fourth-order valence-corrected chi connectivity index (χ4v) is 5.97. The van der Waals surface area contributed by atoms with Crippen molar-refractivity contribution in [3.8, 4) is 0 Å². The van der Waals surface area contributed by atoms with Crippen molar-refractivity contribution < 1.29 is 31.1 Å². The third kappa shape index (κ3) is 5.99. The lowest BCUT2D eigenvalue weighted by molar-refractivity contribution is -0.143. The highest BCUT2D eigenvalue weighted by molar-refractivity contribution is 5.83. The summed E-state index contributed by atoms with van der Waals surface area (Å²) in [5.41, 5.74) is -3.70. The lowest BCUT2D eigenvalue weighted by Crippen LogP contribution is -2.45. The van der Waals surface area contributed by atoms with E-state index in [1.54, 1.807) is 0 Å². The van der Waals surface area contributed by atoms with Gasteiger partial charge in [0.2, 0.25) is 5.91 Å². The summed E-state index contributed by atoms with van der Waals surface area (Å²) in [6.45, 7) is 5.35. The van der Waals surface area contributed by atoms with E-state index in [2.05, 4.69) is 27.2 Å². The molecule has 1 aromatic carbocycles. The highest BCUT2D eigenvalue weighted by atomic mass is 19.4. The SMILES string of the molecule is CC(C)[C@]1(C(=O)NCc2cc(C(F)(F)F)cc(C(F)(F)F)c2)CC[C@@H](N2CCC(n3cccc3)CC2)C1. The monoisotopic (exact) mass is 529 g/mol. The lowest BCUT2D eigenvalue weighted by Gasteiger charge is -2.38. The van der Waals surface area contributed by atoms with Crippen LogP contribution in [0.4, 0.5) is 26.3 Å². The van der Waals surface area contributed by atoms with Gasteiger partial charge in [0.15, 0.2) is 0 Å². The Morgan fingerprint density at radius 1 is 0.946 bits per heavy atom. The summed E-state index contributed by atoms with van der Waals surface area (Å²) >= 11 is 0. The van der Waals surface area contributed by atoms with E-state index >= 15 is 0 Å². The van der Waals surface area contributed by atoms with E-state index in [0.29, 0.717) is 31.0 Å². The molecule has 2 atom stereocenters. The van der Waals surface area contributed by atoms with E-state index in [1.807, 2.05) is 26.0 Å². The highest BCUT2D eigenvalue weighted by Gasteiger charge is 2.49. The molecule has 1 aliphatic carbocycles. The first kappa shape index (κ1) is 27.5. The molecule has 1 aliphatic heterocycles. The average Bonchev–Trinajstić information content (AvgIpc) is 3.53. The third-order valence-corrected chi connectivity index (χ3v) is 8.25. The van der Waals surface area contributed by atoms with Gasteiger partial charge in [-0.05, 0) is 73.9 Å². The number of halogens is 6. The van der Waals surface area contributed by atoms with E-state index in [4.69, 9.17) is 0 Å². The van der Waals surface area contributed by atoms with E-state index < -0.39 is 35.4 Å². The predicted octanol–water partition coefficient (Wildman–Crippen LogP) is 6.67. The number of hydrogen-bond donors (Lipinski definition) is 1. The van der Waals surface area contributed by atoms with Crippen LogP contribution in [0.2, 0.25) is 0 Å². The number of aromatic nitrogens is 1. The van der Waals surface area contributed by atoms with Crippen molar-refractivity contribution in [2.45, 2.75) is 76.9 Å². The number of likely N-dealkylation sites (tertiary alicyclic amines) is 1. The van der Waals surface area contributed by atoms with Gasteiger partial charge in [-0.3, -0.25) is 4.79 Å². The molecule has 1 saturated carbocycles. The van der Waals surface area contributed by atoms with E-state index in [-0.39, 0.29) is 29.5 Å². The van der Waals surface area contributed by atoms with Gasteiger partial charge in [-0.1, -0.05) is 13.8 Å². The number of hydrogen-bond acceptors (Lipinski definition) is 2. The van der Waals surface area contributed by atoms with Gasteiger partial charge in [-0.25, -0.2) is 0 Å². The van der Waals surface area contributed by atoms with Crippen LogP contribution in [0.25, 0.3) is 0 Å². The lowest BCUT2D eigenvalue weighted by atomic mass is 9.74. The van der Waals surface area contributed by atoms with Gasteiger partial charge in [-0.2, -0.15) is 26.3 Å². The second-order valence-electron chi connectivity index (χ2n) is 10.7. The van der Waals surface area contributed by atoms with Crippen molar-refractivity contribution in [2.24, 2.45) is 11.3 Å². The number of carbonyl (C=O) groups excluding carboxylic acids is 1. The Hall–Kier alpha value is -2.49. The number of nitrogens with one attached hydrogen (secondary N) is 1. The largest absolute Gasteiger partial charge is 0.416 e. The summed E-state index contributed by atoms with van der Waals surface area (Å²) in [5, 5.41) is 2.67. The molecule has 1 saturated heterocycles. The zero-order valence-electron chi connectivity index (χ0n) is 21.0. The molecular formula is C27H33F6N3O. The summed E-state index contributed by atoms with van der Waals surface area (Å²) in [6, 6.07) is 6.16. The maximum atomic E-state index is 13.4. The Morgan fingerprint density at radius 3 is 2.03 bits per heavy atom. The molecule has 4 nitrogen and oxygen atoms in total. The quantitative estimate of drug-likeness (QED) is 0.424. The fraction of sp³-hybridized carbons (Fsp3) is 0.593. The van der Waals surface area contributed by atoms with E-state index in [0.717, 1.165) is 32.4 Å². The molecule has 0 unspecified atom stereocenters. The Balaban J connectivity index is 1.43. The summed E-state index contributed by atoms with van der Waals surface area (Å²) in [6.07, 6.45) is -1.57.